The molecule has 0 spiro atoms. The molecule has 0 bridgehead atoms. The molecule has 2 aromatic rings. The van der Waals surface area contributed by atoms with Crippen LogP contribution in [0.4, 0.5) is 5.69 Å². The fourth-order valence-corrected chi connectivity index (χ4v) is 5.53. The van der Waals surface area contributed by atoms with Crippen molar-refractivity contribution in [2.75, 3.05) is 18.4 Å². The summed E-state index contributed by atoms with van der Waals surface area (Å²) in [6.45, 7) is 2.82. The summed E-state index contributed by atoms with van der Waals surface area (Å²) < 4.78 is 27.2. The first-order valence-electron chi connectivity index (χ1n) is 10.5. The van der Waals surface area contributed by atoms with Crippen molar-refractivity contribution in [1.82, 2.24) is 4.31 Å². The molecule has 0 radical (unpaired) electrons. The zero-order valence-corrected chi connectivity index (χ0v) is 18.9. The van der Waals surface area contributed by atoms with E-state index in [1.54, 1.807) is 24.3 Å². The molecule has 1 amide bonds. The molecule has 1 fully saturated rings. The highest BCUT2D eigenvalue weighted by molar-refractivity contribution is 7.88. The lowest BCUT2D eigenvalue weighted by Gasteiger charge is -2.31. The van der Waals surface area contributed by atoms with Crippen LogP contribution >= 0.6 is 11.6 Å². The standard InChI is InChI=1S/C23H29ClN2O3S/c1-2-3-6-18-10-12-22(13-11-18)25-23(27)20-8-5-14-26(16-20)30(28,29)17-19-7-4-9-21(24)15-19/h4,7,9-13,15,20H,2-3,5-6,8,14,16-17H2,1H3,(H,25,27)/t20-/m1/s1. The van der Waals surface area contributed by atoms with Crippen LogP contribution in [0.3, 0.4) is 0 Å². The van der Waals surface area contributed by atoms with E-state index in [9.17, 15) is 13.2 Å². The van der Waals surface area contributed by atoms with Crippen LogP contribution in [-0.2, 0) is 27.0 Å². The number of piperidine rings is 1. The van der Waals surface area contributed by atoms with Crippen molar-refractivity contribution in [3.05, 3.63) is 64.7 Å². The van der Waals surface area contributed by atoms with Crippen LogP contribution in [0, 0.1) is 5.92 Å². The molecule has 5 nitrogen and oxygen atoms in total. The van der Waals surface area contributed by atoms with Gasteiger partial charge in [-0.3, -0.25) is 4.79 Å². The summed E-state index contributed by atoms with van der Waals surface area (Å²) >= 11 is 5.97. The smallest absolute Gasteiger partial charge is 0.228 e. The number of aryl methyl sites for hydroxylation is 1. The molecule has 3 rings (SSSR count). The minimum Gasteiger partial charge on any atom is -0.326 e. The van der Waals surface area contributed by atoms with Gasteiger partial charge in [-0.15, -0.1) is 0 Å². The molecule has 0 aliphatic carbocycles. The largest absolute Gasteiger partial charge is 0.326 e. The maximum absolute atomic E-state index is 12.9. The summed E-state index contributed by atoms with van der Waals surface area (Å²) in [6.07, 6.45) is 4.68. The Bertz CT molecular complexity index is 961. The zero-order valence-electron chi connectivity index (χ0n) is 17.3. The highest BCUT2D eigenvalue weighted by Crippen LogP contribution is 2.24. The Morgan fingerprint density at radius 3 is 2.63 bits per heavy atom. The van der Waals surface area contributed by atoms with Crippen LogP contribution in [0.25, 0.3) is 0 Å². The van der Waals surface area contributed by atoms with Gasteiger partial charge < -0.3 is 5.32 Å². The second-order valence-electron chi connectivity index (χ2n) is 7.87. The number of hydrogen-bond donors (Lipinski definition) is 1. The van der Waals surface area contributed by atoms with Crippen LogP contribution in [0.5, 0.6) is 0 Å². The SMILES string of the molecule is CCCCc1ccc(NC(=O)[C@@H]2CCCN(S(=O)(=O)Cc3cccc(Cl)c3)C2)cc1. The highest BCUT2D eigenvalue weighted by Gasteiger charge is 2.32. The summed E-state index contributed by atoms with van der Waals surface area (Å²) in [4.78, 5) is 12.7. The zero-order chi connectivity index (χ0) is 21.6. The van der Waals surface area contributed by atoms with Crippen molar-refractivity contribution in [2.24, 2.45) is 5.92 Å². The first kappa shape index (κ1) is 22.8. The van der Waals surface area contributed by atoms with Gasteiger partial charge in [0.25, 0.3) is 0 Å². The monoisotopic (exact) mass is 448 g/mol. The van der Waals surface area contributed by atoms with E-state index >= 15 is 0 Å². The predicted molar refractivity (Wildman–Crippen MR) is 122 cm³/mol. The number of carbonyl (C=O) groups excluding carboxylic acids is 1. The number of rotatable bonds is 8. The van der Waals surface area contributed by atoms with Crippen LogP contribution in [-0.4, -0.2) is 31.7 Å². The lowest BCUT2D eigenvalue weighted by molar-refractivity contribution is -0.120. The first-order valence-corrected chi connectivity index (χ1v) is 12.5. The lowest BCUT2D eigenvalue weighted by atomic mass is 9.98. The van der Waals surface area contributed by atoms with Crippen molar-refractivity contribution in [2.45, 2.75) is 44.8 Å². The van der Waals surface area contributed by atoms with E-state index in [1.807, 2.05) is 24.3 Å². The van der Waals surface area contributed by atoms with Crippen molar-refractivity contribution >= 4 is 33.2 Å². The van der Waals surface area contributed by atoms with Crippen molar-refractivity contribution in [1.29, 1.82) is 0 Å². The predicted octanol–water partition coefficient (Wildman–Crippen LogP) is 4.86. The molecule has 30 heavy (non-hydrogen) atoms. The van der Waals surface area contributed by atoms with Gasteiger partial charge in [-0.2, -0.15) is 0 Å². The third-order valence-corrected chi connectivity index (χ3v) is 7.48. The number of amides is 1. The third kappa shape index (κ3) is 6.30. The Morgan fingerprint density at radius 1 is 1.17 bits per heavy atom. The molecule has 1 heterocycles. The molecule has 1 aliphatic heterocycles. The van der Waals surface area contributed by atoms with E-state index in [0.717, 1.165) is 24.9 Å². The number of anilines is 1. The number of unbranched alkanes of at least 4 members (excludes halogenated alkanes) is 1. The molecule has 0 saturated carbocycles. The molecule has 0 unspecified atom stereocenters. The third-order valence-electron chi connectivity index (χ3n) is 5.43. The summed E-state index contributed by atoms with van der Waals surface area (Å²) in [5.41, 5.74) is 2.65. The van der Waals surface area contributed by atoms with Gasteiger partial charge in [0.05, 0.1) is 11.7 Å². The lowest BCUT2D eigenvalue weighted by Crippen LogP contribution is -2.44. The van der Waals surface area contributed by atoms with Gasteiger partial charge in [0.15, 0.2) is 0 Å². The number of nitrogens with one attached hydrogen (secondary N) is 1. The summed E-state index contributed by atoms with van der Waals surface area (Å²) in [6, 6.07) is 14.8. The second-order valence-corrected chi connectivity index (χ2v) is 10.3. The number of carbonyl (C=O) groups is 1. The van der Waals surface area contributed by atoms with Crippen LogP contribution in [0.1, 0.15) is 43.7 Å². The fraction of sp³-hybridized carbons (Fsp3) is 0.435. The van der Waals surface area contributed by atoms with E-state index in [4.69, 9.17) is 11.6 Å². The molecule has 2 aromatic carbocycles. The van der Waals surface area contributed by atoms with Gasteiger partial charge >= 0.3 is 0 Å². The Labute approximate surface area is 184 Å². The minimum absolute atomic E-state index is 0.110. The van der Waals surface area contributed by atoms with Gasteiger partial charge in [-0.25, -0.2) is 12.7 Å². The van der Waals surface area contributed by atoms with Crippen LogP contribution in [0.2, 0.25) is 5.02 Å². The molecule has 7 heteroatoms. The van der Waals surface area contributed by atoms with Gasteiger partial charge in [-0.05, 0) is 61.1 Å². The molecule has 1 atom stereocenters. The molecule has 1 saturated heterocycles. The molecule has 1 aliphatic rings. The van der Waals surface area contributed by atoms with Crippen LogP contribution in [0.15, 0.2) is 48.5 Å². The Hall–Kier alpha value is -1.89. The number of halogens is 1. The molecule has 1 N–H and O–H groups in total. The summed E-state index contributed by atoms with van der Waals surface area (Å²) in [7, 11) is -3.51. The van der Waals surface area contributed by atoms with Gasteiger partial charge in [0.1, 0.15) is 0 Å². The van der Waals surface area contributed by atoms with E-state index in [1.165, 1.54) is 9.87 Å². The molecule has 162 valence electrons. The number of sulfonamides is 1. The quantitative estimate of drug-likeness (QED) is 0.626. The maximum Gasteiger partial charge on any atom is 0.228 e. The fourth-order valence-electron chi connectivity index (χ4n) is 3.72. The van der Waals surface area contributed by atoms with Crippen LogP contribution < -0.4 is 5.32 Å². The van der Waals surface area contributed by atoms with Gasteiger partial charge in [0, 0.05) is 23.8 Å². The van der Waals surface area contributed by atoms with E-state index in [-0.39, 0.29) is 24.1 Å². The maximum atomic E-state index is 12.9. The average Bonchev–Trinajstić information content (AvgIpc) is 2.73. The summed E-state index contributed by atoms with van der Waals surface area (Å²) in [5.74, 6) is -0.590. The molecule has 0 aromatic heterocycles. The summed E-state index contributed by atoms with van der Waals surface area (Å²) in [5, 5.41) is 3.46. The van der Waals surface area contributed by atoms with E-state index in [2.05, 4.69) is 12.2 Å². The Morgan fingerprint density at radius 2 is 1.93 bits per heavy atom. The Balaban J connectivity index is 1.60. The minimum atomic E-state index is -3.51. The molecular weight excluding hydrogens is 420 g/mol. The average molecular weight is 449 g/mol. The number of hydrogen-bond acceptors (Lipinski definition) is 3. The Kier molecular flexibility index (Phi) is 7.92. The topological polar surface area (TPSA) is 66.5 Å². The number of nitrogens with zero attached hydrogens (tertiary/aromatic N) is 1. The van der Waals surface area contributed by atoms with E-state index in [0.29, 0.717) is 30.0 Å². The number of benzene rings is 2. The van der Waals surface area contributed by atoms with E-state index < -0.39 is 10.0 Å². The molecular formula is C23H29ClN2O3S. The van der Waals surface area contributed by atoms with Crippen molar-refractivity contribution in [3.63, 3.8) is 0 Å². The van der Waals surface area contributed by atoms with Gasteiger partial charge in [0.2, 0.25) is 15.9 Å². The van der Waals surface area contributed by atoms with Crippen molar-refractivity contribution in [3.8, 4) is 0 Å². The van der Waals surface area contributed by atoms with Crippen molar-refractivity contribution < 1.29 is 13.2 Å². The highest BCUT2D eigenvalue weighted by atomic mass is 35.5. The first-order chi connectivity index (χ1) is 14.4. The normalized spacial score (nSPS) is 17.6. The second kappa shape index (κ2) is 10.4. The van der Waals surface area contributed by atoms with Gasteiger partial charge in [-0.1, -0.05) is 49.2 Å².